The number of carbonyl (C=O) groups excluding carboxylic acids is 1. The predicted molar refractivity (Wildman–Crippen MR) is 96.6 cm³/mol. The first kappa shape index (κ1) is 16.1. The molecule has 0 bridgehead atoms. The van der Waals surface area contributed by atoms with Crippen molar-refractivity contribution in [3.8, 4) is 10.6 Å². The lowest BCUT2D eigenvalue weighted by molar-refractivity contribution is -0.114. The van der Waals surface area contributed by atoms with E-state index in [2.05, 4.69) is 25.6 Å². The fourth-order valence-electron chi connectivity index (χ4n) is 2.32. The number of carbonyl (C=O) groups is 1. The Morgan fingerprint density at radius 3 is 2.62 bits per heavy atom. The molecule has 0 atom stereocenters. The molecule has 2 N–H and O–H groups in total. The average molecular weight is 339 g/mol. The molecule has 2 aromatic heterocycles. The molecule has 0 spiro atoms. The molecule has 0 saturated heterocycles. The van der Waals surface area contributed by atoms with Crippen LogP contribution in [0.1, 0.15) is 17.6 Å². The smallest absolute Gasteiger partial charge is 0.227 e. The van der Waals surface area contributed by atoms with Crippen molar-refractivity contribution in [2.24, 2.45) is 0 Å². The predicted octanol–water partition coefficient (Wildman–Crippen LogP) is 3.92. The third-order valence-electron chi connectivity index (χ3n) is 3.23. The number of nitrogens with one attached hydrogen (secondary N) is 2. The SMILES string of the molecule is CC(=O)Nc1cccc(Nc2nccc(-c3sc(C)nc3C)n2)c1. The maximum absolute atomic E-state index is 11.2. The Kier molecular flexibility index (Phi) is 4.52. The van der Waals surface area contributed by atoms with Crippen LogP contribution in [0.15, 0.2) is 36.5 Å². The van der Waals surface area contributed by atoms with Gasteiger partial charge in [-0.25, -0.2) is 15.0 Å². The second kappa shape index (κ2) is 6.76. The van der Waals surface area contributed by atoms with Gasteiger partial charge in [-0.15, -0.1) is 11.3 Å². The van der Waals surface area contributed by atoms with Crippen LogP contribution in [0.4, 0.5) is 17.3 Å². The molecule has 3 rings (SSSR count). The number of hydrogen-bond acceptors (Lipinski definition) is 6. The van der Waals surface area contributed by atoms with Crippen molar-refractivity contribution < 1.29 is 4.79 Å². The summed E-state index contributed by atoms with van der Waals surface area (Å²) in [5.41, 5.74) is 3.33. The zero-order valence-corrected chi connectivity index (χ0v) is 14.4. The van der Waals surface area contributed by atoms with E-state index in [1.807, 2.05) is 44.2 Å². The summed E-state index contributed by atoms with van der Waals surface area (Å²) >= 11 is 1.62. The van der Waals surface area contributed by atoms with Gasteiger partial charge in [0.2, 0.25) is 11.9 Å². The largest absolute Gasteiger partial charge is 0.326 e. The molecule has 0 saturated carbocycles. The van der Waals surface area contributed by atoms with Crippen molar-refractivity contribution in [2.45, 2.75) is 20.8 Å². The van der Waals surface area contributed by atoms with E-state index < -0.39 is 0 Å². The number of aromatic nitrogens is 3. The van der Waals surface area contributed by atoms with Crippen LogP contribution in [-0.4, -0.2) is 20.9 Å². The van der Waals surface area contributed by atoms with E-state index in [0.717, 1.165) is 32.6 Å². The monoisotopic (exact) mass is 339 g/mol. The third-order valence-corrected chi connectivity index (χ3v) is 4.33. The van der Waals surface area contributed by atoms with Gasteiger partial charge < -0.3 is 10.6 Å². The van der Waals surface area contributed by atoms with E-state index in [-0.39, 0.29) is 5.91 Å². The minimum absolute atomic E-state index is 0.110. The van der Waals surface area contributed by atoms with Crippen molar-refractivity contribution in [1.82, 2.24) is 15.0 Å². The summed E-state index contributed by atoms with van der Waals surface area (Å²) in [5, 5.41) is 6.93. The van der Waals surface area contributed by atoms with E-state index in [0.29, 0.717) is 5.95 Å². The maximum Gasteiger partial charge on any atom is 0.227 e. The summed E-state index contributed by atoms with van der Waals surface area (Å²) in [6.07, 6.45) is 1.72. The Bertz CT molecular complexity index is 890. The van der Waals surface area contributed by atoms with Gasteiger partial charge in [0, 0.05) is 24.5 Å². The number of amides is 1. The van der Waals surface area contributed by atoms with Crippen LogP contribution in [0.2, 0.25) is 0 Å². The van der Waals surface area contributed by atoms with Gasteiger partial charge in [-0.1, -0.05) is 6.07 Å². The molecule has 2 heterocycles. The highest BCUT2D eigenvalue weighted by Gasteiger charge is 2.10. The van der Waals surface area contributed by atoms with Crippen molar-refractivity contribution >= 4 is 34.6 Å². The summed E-state index contributed by atoms with van der Waals surface area (Å²) in [6, 6.07) is 9.28. The molecule has 1 aromatic carbocycles. The molecule has 0 unspecified atom stereocenters. The zero-order valence-electron chi connectivity index (χ0n) is 13.6. The Morgan fingerprint density at radius 1 is 1.12 bits per heavy atom. The normalized spacial score (nSPS) is 10.5. The topological polar surface area (TPSA) is 79.8 Å². The highest BCUT2D eigenvalue weighted by molar-refractivity contribution is 7.15. The van der Waals surface area contributed by atoms with Gasteiger partial charge in [-0.05, 0) is 38.1 Å². The number of nitrogens with zero attached hydrogens (tertiary/aromatic N) is 3. The van der Waals surface area contributed by atoms with E-state index in [4.69, 9.17) is 0 Å². The van der Waals surface area contributed by atoms with Gasteiger partial charge in [0.15, 0.2) is 0 Å². The van der Waals surface area contributed by atoms with E-state index in [1.54, 1.807) is 17.5 Å². The highest BCUT2D eigenvalue weighted by Crippen LogP contribution is 2.29. The summed E-state index contributed by atoms with van der Waals surface area (Å²) in [6.45, 7) is 5.44. The van der Waals surface area contributed by atoms with Crippen LogP contribution in [0.3, 0.4) is 0 Å². The highest BCUT2D eigenvalue weighted by atomic mass is 32.1. The Morgan fingerprint density at radius 2 is 1.92 bits per heavy atom. The first-order valence-corrected chi connectivity index (χ1v) is 8.25. The lowest BCUT2D eigenvalue weighted by atomic mass is 10.2. The molecule has 3 aromatic rings. The molecular weight excluding hydrogens is 322 g/mol. The van der Waals surface area contributed by atoms with E-state index in [1.165, 1.54) is 6.92 Å². The van der Waals surface area contributed by atoms with Crippen molar-refractivity contribution in [2.75, 3.05) is 10.6 Å². The number of hydrogen-bond donors (Lipinski definition) is 2. The molecule has 0 aliphatic carbocycles. The molecular formula is C17H17N5OS. The molecule has 7 heteroatoms. The van der Waals surface area contributed by atoms with Crippen LogP contribution in [-0.2, 0) is 4.79 Å². The second-order valence-electron chi connectivity index (χ2n) is 5.30. The number of aryl methyl sites for hydroxylation is 2. The summed E-state index contributed by atoms with van der Waals surface area (Å²) < 4.78 is 0. The summed E-state index contributed by atoms with van der Waals surface area (Å²) in [5.74, 6) is 0.388. The zero-order chi connectivity index (χ0) is 17.1. The van der Waals surface area contributed by atoms with Gasteiger partial charge in [0.25, 0.3) is 0 Å². The molecule has 122 valence electrons. The molecule has 1 amide bonds. The van der Waals surface area contributed by atoms with Gasteiger partial charge in [-0.3, -0.25) is 4.79 Å². The Hall–Kier alpha value is -2.80. The number of thiazole rings is 1. The minimum atomic E-state index is -0.110. The lowest BCUT2D eigenvalue weighted by Crippen LogP contribution is -2.06. The average Bonchev–Trinajstić information content (AvgIpc) is 2.86. The number of anilines is 3. The lowest BCUT2D eigenvalue weighted by Gasteiger charge is -2.08. The molecule has 0 fully saturated rings. The van der Waals surface area contributed by atoms with Crippen LogP contribution < -0.4 is 10.6 Å². The minimum Gasteiger partial charge on any atom is -0.326 e. The quantitative estimate of drug-likeness (QED) is 0.753. The van der Waals surface area contributed by atoms with E-state index in [9.17, 15) is 4.79 Å². The fourth-order valence-corrected chi connectivity index (χ4v) is 3.21. The summed E-state index contributed by atoms with van der Waals surface area (Å²) in [4.78, 5) is 25.5. The summed E-state index contributed by atoms with van der Waals surface area (Å²) in [7, 11) is 0. The van der Waals surface area contributed by atoms with Crippen LogP contribution >= 0.6 is 11.3 Å². The van der Waals surface area contributed by atoms with Crippen LogP contribution in [0.25, 0.3) is 10.6 Å². The van der Waals surface area contributed by atoms with Gasteiger partial charge in [0.1, 0.15) is 0 Å². The second-order valence-corrected chi connectivity index (χ2v) is 6.50. The van der Waals surface area contributed by atoms with Crippen molar-refractivity contribution in [3.05, 3.63) is 47.2 Å². The van der Waals surface area contributed by atoms with Crippen molar-refractivity contribution in [1.29, 1.82) is 0 Å². The Labute approximate surface area is 144 Å². The first-order valence-electron chi connectivity index (χ1n) is 7.43. The molecule has 6 nitrogen and oxygen atoms in total. The molecule has 0 aliphatic rings. The first-order chi connectivity index (χ1) is 11.5. The third kappa shape index (κ3) is 3.75. The number of rotatable bonds is 4. The standard InChI is InChI=1S/C17H17N5OS/c1-10-16(24-12(3)19-10)15-7-8-18-17(22-15)21-14-6-4-5-13(9-14)20-11(2)23/h4-9H,1-3H3,(H,20,23)(H,18,21,22). The molecule has 0 radical (unpaired) electrons. The fraction of sp³-hybridized carbons (Fsp3) is 0.176. The van der Waals surface area contributed by atoms with Crippen LogP contribution in [0, 0.1) is 13.8 Å². The van der Waals surface area contributed by atoms with E-state index >= 15 is 0 Å². The molecule has 24 heavy (non-hydrogen) atoms. The number of benzene rings is 1. The van der Waals surface area contributed by atoms with Gasteiger partial charge in [0.05, 0.1) is 21.3 Å². The molecule has 0 aliphatic heterocycles. The maximum atomic E-state index is 11.2. The van der Waals surface area contributed by atoms with Gasteiger partial charge in [-0.2, -0.15) is 0 Å². The van der Waals surface area contributed by atoms with Crippen LogP contribution in [0.5, 0.6) is 0 Å². The van der Waals surface area contributed by atoms with Crippen molar-refractivity contribution in [3.63, 3.8) is 0 Å². The van der Waals surface area contributed by atoms with Gasteiger partial charge >= 0.3 is 0 Å². The Balaban J connectivity index is 1.85.